The highest BCUT2D eigenvalue weighted by atomic mass is 19.1. The Morgan fingerprint density at radius 2 is 1.78 bits per heavy atom. The van der Waals surface area contributed by atoms with Crippen LogP contribution in [0.5, 0.6) is 0 Å². The third-order valence-corrected chi connectivity index (χ3v) is 3.20. The van der Waals surface area contributed by atoms with Crippen LogP contribution in [0.3, 0.4) is 0 Å². The molecule has 2 aromatic carbocycles. The monoisotopic (exact) mass is 242 g/mol. The largest absolute Gasteiger partial charge is 0.207 e. The van der Waals surface area contributed by atoms with E-state index in [4.69, 9.17) is 0 Å². The zero-order valence-electron chi connectivity index (χ0n) is 11.0. The Hall–Kier alpha value is -1.63. The summed E-state index contributed by atoms with van der Waals surface area (Å²) in [7, 11) is 0. The smallest absolute Gasteiger partial charge is 0.127 e. The number of hydrogen-bond acceptors (Lipinski definition) is 0. The van der Waals surface area contributed by atoms with E-state index >= 15 is 0 Å². The predicted molar refractivity (Wildman–Crippen MR) is 75.2 cm³/mol. The summed E-state index contributed by atoms with van der Waals surface area (Å²) in [6.45, 7) is 4.08. The number of benzene rings is 2. The van der Waals surface area contributed by atoms with E-state index in [1.807, 2.05) is 37.3 Å². The lowest BCUT2D eigenvalue weighted by molar-refractivity contribution is 0.603. The molecule has 0 aliphatic rings. The Bertz CT molecular complexity index is 515. The van der Waals surface area contributed by atoms with Crippen molar-refractivity contribution in [3.05, 3.63) is 59.4 Å². The predicted octanol–water partition coefficient (Wildman–Crippen LogP) is 5.14. The molecule has 0 amide bonds. The topological polar surface area (TPSA) is 0 Å². The van der Waals surface area contributed by atoms with Gasteiger partial charge in [0, 0.05) is 0 Å². The SMILES string of the molecule is CCCCc1c(F)cc(C)cc1-c1ccccc1. The summed E-state index contributed by atoms with van der Waals surface area (Å²) in [6, 6.07) is 13.8. The molecule has 0 aromatic heterocycles. The van der Waals surface area contributed by atoms with E-state index in [-0.39, 0.29) is 5.82 Å². The highest BCUT2D eigenvalue weighted by molar-refractivity contribution is 5.68. The molecule has 0 saturated carbocycles. The molecule has 2 aromatic rings. The maximum absolute atomic E-state index is 14.1. The molecule has 18 heavy (non-hydrogen) atoms. The highest BCUT2D eigenvalue weighted by Crippen LogP contribution is 2.28. The lowest BCUT2D eigenvalue weighted by atomic mass is 9.94. The number of aryl methyl sites for hydroxylation is 1. The van der Waals surface area contributed by atoms with E-state index in [1.165, 1.54) is 0 Å². The molecule has 94 valence electrons. The van der Waals surface area contributed by atoms with Gasteiger partial charge in [-0.2, -0.15) is 0 Å². The number of rotatable bonds is 4. The van der Waals surface area contributed by atoms with Gasteiger partial charge in [-0.3, -0.25) is 0 Å². The summed E-state index contributed by atoms with van der Waals surface area (Å²) < 4.78 is 14.1. The molecule has 0 atom stereocenters. The first kappa shape index (κ1) is 12.8. The molecule has 0 bridgehead atoms. The first-order valence-electron chi connectivity index (χ1n) is 6.57. The lowest BCUT2D eigenvalue weighted by Gasteiger charge is -2.12. The highest BCUT2D eigenvalue weighted by Gasteiger charge is 2.10. The Morgan fingerprint density at radius 1 is 1.06 bits per heavy atom. The van der Waals surface area contributed by atoms with Crippen molar-refractivity contribution in [1.29, 1.82) is 0 Å². The van der Waals surface area contributed by atoms with Gasteiger partial charge < -0.3 is 0 Å². The van der Waals surface area contributed by atoms with Crippen LogP contribution in [-0.4, -0.2) is 0 Å². The van der Waals surface area contributed by atoms with Gasteiger partial charge in [0.15, 0.2) is 0 Å². The molecule has 0 heterocycles. The van der Waals surface area contributed by atoms with Crippen molar-refractivity contribution in [2.45, 2.75) is 33.1 Å². The van der Waals surface area contributed by atoms with Gasteiger partial charge in [-0.05, 0) is 48.1 Å². The zero-order valence-corrected chi connectivity index (χ0v) is 11.0. The van der Waals surface area contributed by atoms with Crippen molar-refractivity contribution in [2.24, 2.45) is 0 Å². The van der Waals surface area contributed by atoms with Gasteiger partial charge in [0.2, 0.25) is 0 Å². The van der Waals surface area contributed by atoms with Crippen molar-refractivity contribution in [1.82, 2.24) is 0 Å². The molecule has 0 nitrogen and oxygen atoms in total. The average Bonchev–Trinajstić information content (AvgIpc) is 2.38. The van der Waals surface area contributed by atoms with Gasteiger partial charge in [0.1, 0.15) is 5.82 Å². The van der Waals surface area contributed by atoms with Crippen molar-refractivity contribution >= 4 is 0 Å². The van der Waals surface area contributed by atoms with Crippen LogP contribution in [0.1, 0.15) is 30.9 Å². The van der Waals surface area contributed by atoms with E-state index in [2.05, 4.69) is 13.0 Å². The molecular weight excluding hydrogens is 223 g/mol. The molecule has 0 saturated heterocycles. The molecule has 0 unspecified atom stereocenters. The normalized spacial score (nSPS) is 10.6. The Kier molecular flexibility index (Phi) is 4.14. The Labute approximate surface area is 108 Å². The molecule has 0 fully saturated rings. The van der Waals surface area contributed by atoms with Crippen molar-refractivity contribution in [3.63, 3.8) is 0 Å². The van der Waals surface area contributed by atoms with Crippen LogP contribution in [0.15, 0.2) is 42.5 Å². The summed E-state index contributed by atoms with van der Waals surface area (Å²) in [5, 5.41) is 0. The minimum absolute atomic E-state index is 0.0673. The fourth-order valence-corrected chi connectivity index (χ4v) is 2.26. The fraction of sp³-hybridized carbons (Fsp3) is 0.294. The van der Waals surface area contributed by atoms with E-state index in [9.17, 15) is 4.39 Å². The van der Waals surface area contributed by atoms with Gasteiger partial charge in [-0.25, -0.2) is 4.39 Å². The second-order valence-electron chi connectivity index (χ2n) is 4.74. The first-order valence-corrected chi connectivity index (χ1v) is 6.57. The third-order valence-electron chi connectivity index (χ3n) is 3.20. The van der Waals surface area contributed by atoms with Crippen LogP contribution in [-0.2, 0) is 6.42 Å². The summed E-state index contributed by atoms with van der Waals surface area (Å²) >= 11 is 0. The van der Waals surface area contributed by atoms with Gasteiger partial charge in [-0.15, -0.1) is 0 Å². The molecule has 0 N–H and O–H groups in total. The minimum atomic E-state index is -0.0673. The second-order valence-corrected chi connectivity index (χ2v) is 4.74. The van der Waals surface area contributed by atoms with Crippen molar-refractivity contribution in [3.8, 4) is 11.1 Å². The van der Waals surface area contributed by atoms with Crippen LogP contribution in [0.2, 0.25) is 0 Å². The second kappa shape index (κ2) is 5.81. The molecule has 0 spiro atoms. The van der Waals surface area contributed by atoms with Crippen molar-refractivity contribution in [2.75, 3.05) is 0 Å². The lowest BCUT2D eigenvalue weighted by Crippen LogP contribution is -1.96. The standard InChI is InChI=1S/C17H19F/c1-3-4-10-15-16(11-13(2)12-17(15)18)14-8-6-5-7-9-14/h5-9,11-12H,3-4,10H2,1-2H3. The van der Waals surface area contributed by atoms with E-state index in [0.29, 0.717) is 0 Å². The van der Waals surface area contributed by atoms with Crippen LogP contribution < -0.4 is 0 Å². The van der Waals surface area contributed by atoms with E-state index in [0.717, 1.165) is 41.5 Å². The Balaban J connectivity index is 2.50. The van der Waals surface area contributed by atoms with Gasteiger partial charge in [0.05, 0.1) is 0 Å². The third kappa shape index (κ3) is 2.79. The van der Waals surface area contributed by atoms with Gasteiger partial charge >= 0.3 is 0 Å². The summed E-state index contributed by atoms with van der Waals surface area (Å²) in [4.78, 5) is 0. The summed E-state index contributed by atoms with van der Waals surface area (Å²) in [6.07, 6.45) is 2.92. The average molecular weight is 242 g/mol. The van der Waals surface area contributed by atoms with Crippen LogP contribution in [0, 0.1) is 12.7 Å². The molecule has 1 heteroatoms. The van der Waals surface area contributed by atoms with Crippen LogP contribution >= 0.6 is 0 Å². The molecule has 0 aliphatic carbocycles. The molecule has 2 rings (SSSR count). The maximum Gasteiger partial charge on any atom is 0.127 e. The van der Waals surface area contributed by atoms with Crippen LogP contribution in [0.4, 0.5) is 4.39 Å². The summed E-state index contributed by atoms with van der Waals surface area (Å²) in [5.74, 6) is -0.0673. The Morgan fingerprint density at radius 3 is 2.44 bits per heavy atom. The first-order chi connectivity index (χ1) is 8.72. The maximum atomic E-state index is 14.1. The van der Waals surface area contributed by atoms with Gasteiger partial charge in [0.25, 0.3) is 0 Å². The fourth-order valence-electron chi connectivity index (χ4n) is 2.26. The minimum Gasteiger partial charge on any atom is -0.207 e. The number of hydrogen-bond donors (Lipinski definition) is 0. The van der Waals surface area contributed by atoms with E-state index < -0.39 is 0 Å². The van der Waals surface area contributed by atoms with Crippen LogP contribution in [0.25, 0.3) is 11.1 Å². The molecule has 0 aliphatic heterocycles. The quantitative estimate of drug-likeness (QED) is 0.696. The van der Waals surface area contributed by atoms with E-state index in [1.54, 1.807) is 6.07 Å². The summed E-state index contributed by atoms with van der Waals surface area (Å²) in [5.41, 5.74) is 3.98. The van der Waals surface area contributed by atoms with Gasteiger partial charge in [-0.1, -0.05) is 49.7 Å². The molecule has 0 radical (unpaired) electrons. The molecular formula is C17H19F. The number of unbranched alkanes of at least 4 members (excludes halogenated alkanes) is 1. The number of halogens is 1. The van der Waals surface area contributed by atoms with Crippen molar-refractivity contribution < 1.29 is 4.39 Å². The zero-order chi connectivity index (χ0) is 13.0.